The molecule has 2 N–H and O–H groups in total. The molecule has 2 rings (SSSR count). The van der Waals surface area contributed by atoms with E-state index >= 15 is 0 Å². The van der Waals surface area contributed by atoms with Crippen LogP contribution >= 0.6 is 11.6 Å². The van der Waals surface area contributed by atoms with E-state index in [1.807, 2.05) is 0 Å². The maximum atomic E-state index is 11.5. The lowest BCUT2D eigenvalue weighted by Crippen LogP contribution is -2.45. The minimum atomic E-state index is -0.116. The lowest BCUT2D eigenvalue weighted by atomic mass is 9.88. The molecule has 0 radical (unpaired) electrons. The average Bonchev–Trinajstić information content (AvgIpc) is 2.36. The van der Waals surface area contributed by atoms with Crippen molar-refractivity contribution in [1.29, 1.82) is 0 Å². The van der Waals surface area contributed by atoms with Gasteiger partial charge in [-0.15, -0.1) is 11.6 Å². The molecule has 0 spiro atoms. The topological polar surface area (TPSA) is 41.1 Å². The van der Waals surface area contributed by atoms with Crippen molar-refractivity contribution >= 4 is 17.6 Å². The first-order valence-electron chi connectivity index (χ1n) is 5.96. The molecule has 0 heterocycles. The van der Waals surface area contributed by atoms with Gasteiger partial charge in [0.1, 0.15) is 0 Å². The van der Waals surface area contributed by atoms with Gasteiger partial charge in [0, 0.05) is 18.5 Å². The Morgan fingerprint density at radius 3 is 2.88 bits per heavy atom. The van der Waals surface area contributed by atoms with Crippen LogP contribution in [0.15, 0.2) is 24.3 Å². The van der Waals surface area contributed by atoms with Crippen molar-refractivity contribution in [2.24, 2.45) is 0 Å². The molecule has 0 aromatic heterocycles. The molecular weight excluding hydrogens is 236 g/mol. The van der Waals surface area contributed by atoms with Crippen LogP contribution < -0.4 is 10.6 Å². The number of nitrogens with one attached hydrogen (secondary N) is 2. The Labute approximate surface area is 107 Å². The molecule has 17 heavy (non-hydrogen) atoms. The third-order valence-corrected chi connectivity index (χ3v) is 3.25. The summed E-state index contributed by atoms with van der Waals surface area (Å²) in [7, 11) is 0. The molecule has 0 aliphatic heterocycles. The van der Waals surface area contributed by atoms with Crippen LogP contribution in [0.1, 0.15) is 17.5 Å². The van der Waals surface area contributed by atoms with Crippen molar-refractivity contribution in [3.63, 3.8) is 0 Å². The Morgan fingerprint density at radius 2 is 2.12 bits per heavy atom. The first-order chi connectivity index (χ1) is 8.29. The normalized spacial score (nSPS) is 18.3. The first kappa shape index (κ1) is 12.2. The molecule has 1 unspecified atom stereocenters. The summed E-state index contributed by atoms with van der Waals surface area (Å²) in [6.07, 6.45) is 2.96. The van der Waals surface area contributed by atoms with E-state index in [1.165, 1.54) is 11.1 Å². The van der Waals surface area contributed by atoms with Gasteiger partial charge >= 0.3 is 6.03 Å². The zero-order valence-electron chi connectivity index (χ0n) is 9.71. The fraction of sp³-hybridized carbons (Fsp3) is 0.462. The molecule has 1 aliphatic rings. The summed E-state index contributed by atoms with van der Waals surface area (Å²) in [4.78, 5) is 11.5. The third kappa shape index (κ3) is 3.37. The van der Waals surface area contributed by atoms with Crippen molar-refractivity contribution in [3.8, 4) is 0 Å². The van der Waals surface area contributed by atoms with E-state index in [1.54, 1.807) is 0 Å². The summed E-state index contributed by atoms with van der Waals surface area (Å²) in [5.74, 6) is 0.445. The van der Waals surface area contributed by atoms with Gasteiger partial charge in [-0.2, -0.15) is 0 Å². The van der Waals surface area contributed by atoms with Crippen molar-refractivity contribution in [1.82, 2.24) is 10.6 Å². The number of carbonyl (C=O) groups excluding carboxylic acids is 1. The van der Waals surface area contributed by atoms with Gasteiger partial charge in [-0.3, -0.25) is 0 Å². The van der Waals surface area contributed by atoms with Gasteiger partial charge in [0.25, 0.3) is 0 Å². The predicted octanol–water partition coefficient (Wildman–Crippen LogP) is 2.08. The molecule has 0 saturated carbocycles. The maximum absolute atomic E-state index is 11.5. The van der Waals surface area contributed by atoms with Crippen LogP contribution in [0.5, 0.6) is 0 Å². The summed E-state index contributed by atoms with van der Waals surface area (Å²) in [5.41, 5.74) is 2.76. The number of rotatable bonds is 3. The highest BCUT2D eigenvalue weighted by Gasteiger charge is 2.19. The Kier molecular flexibility index (Phi) is 4.26. The van der Waals surface area contributed by atoms with Crippen LogP contribution in [0.25, 0.3) is 0 Å². The minimum absolute atomic E-state index is 0.116. The van der Waals surface area contributed by atoms with E-state index in [4.69, 9.17) is 11.6 Å². The fourth-order valence-corrected chi connectivity index (χ4v) is 2.31. The average molecular weight is 253 g/mol. The molecule has 2 amide bonds. The SMILES string of the molecule is O=C(NCCCl)NC1CCc2ccccc2C1. The quantitative estimate of drug-likeness (QED) is 0.795. The van der Waals surface area contributed by atoms with Crippen molar-refractivity contribution in [2.45, 2.75) is 25.3 Å². The maximum Gasteiger partial charge on any atom is 0.315 e. The van der Waals surface area contributed by atoms with E-state index in [2.05, 4.69) is 34.9 Å². The molecule has 0 fully saturated rings. The van der Waals surface area contributed by atoms with Crippen molar-refractivity contribution in [3.05, 3.63) is 35.4 Å². The van der Waals surface area contributed by atoms with Crippen LogP contribution in [0.2, 0.25) is 0 Å². The molecular formula is C13H17ClN2O. The van der Waals surface area contributed by atoms with Crippen LogP contribution in [0.3, 0.4) is 0 Å². The lowest BCUT2D eigenvalue weighted by molar-refractivity contribution is 0.236. The first-order valence-corrected chi connectivity index (χ1v) is 6.50. The number of benzene rings is 1. The van der Waals surface area contributed by atoms with E-state index in [0.717, 1.165) is 19.3 Å². The minimum Gasteiger partial charge on any atom is -0.337 e. The van der Waals surface area contributed by atoms with Crippen LogP contribution in [0.4, 0.5) is 4.79 Å². The number of hydrogen-bond acceptors (Lipinski definition) is 1. The van der Waals surface area contributed by atoms with E-state index < -0.39 is 0 Å². The summed E-state index contributed by atoms with van der Waals surface area (Å²) in [6.45, 7) is 0.511. The number of carbonyl (C=O) groups is 1. The highest BCUT2D eigenvalue weighted by molar-refractivity contribution is 6.18. The molecule has 1 atom stereocenters. The number of fused-ring (bicyclic) bond motifs is 1. The van der Waals surface area contributed by atoms with Gasteiger partial charge in [-0.25, -0.2) is 4.79 Å². The van der Waals surface area contributed by atoms with Crippen molar-refractivity contribution in [2.75, 3.05) is 12.4 Å². The molecule has 4 heteroatoms. The zero-order chi connectivity index (χ0) is 12.1. The second-order valence-corrected chi connectivity index (χ2v) is 4.68. The summed E-state index contributed by atoms with van der Waals surface area (Å²) in [6, 6.07) is 8.54. The number of urea groups is 1. The van der Waals surface area contributed by atoms with Crippen molar-refractivity contribution < 1.29 is 4.79 Å². The van der Waals surface area contributed by atoms with Crippen LogP contribution in [-0.4, -0.2) is 24.5 Å². The second-order valence-electron chi connectivity index (χ2n) is 4.30. The Bertz CT molecular complexity index is 395. The van der Waals surface area contributed by atoms with Crippen LogP contribution in [0, 0.1) is 0 Å². The van der Waals surface area contributed by atoms with Gasteiger partial charge in [0.2, 0.25) is 0 Å². The number of amides is 2. The van der Waals surface area contributed by atoms with Gasteiger partial charge in [0.05, 0.1) is 0 Å². The summed E-state index contributed by atoms with van der Waals surface area (Å²) < 4.78 is 0. The van der Waals surface area contributed by atoms with Gasteiger partial charge in [0.15, 0.2) is 0 Å². The van der Waals surface area contributed by atoms with Gasteiger partial charge in [-0.05, 0) is 30.4 Å². The van der Waals surface area contributed by atoms with Gasteiger partial charge in [-0.1, -0.05) is 24.3 Å². The largest absolute Gasteiger partial charge is 0.337 e. The molecule has 0 bridgehead atoms. The summed E-state index contributed by atoms with van der Waals surface area (Å²) in [5, 5.41) is 5.71. The van der Waals surface area contributed by atoms with E-state index in [-0.39, 0.29) is 12.1 Å². The number of alkyl halides is 1. The molecule has 3 nitrogen and oxygen atoms in total. The monoisotopic (exact) mass is 252 g/mol. The standard InChI is InChI=1S/C13H17ClN2O/c14-7-8-15-13(17)16-12-6-5-10-3-1-2-4-11(10)9-12/h1-4,12H,5-9H2,(H2,15,16,17). The Balaban J connectivity index is 1.88. The molecule has 1 aliphatic carbocycles. The van der Waals surface area contributed by atoms with E-state index in [0.29, 0.717) is 12.4 Å². The second kappa shape index (κ2) is 5.92. The predicted molar refractivity (Wildman–Crippen MR) is 69.5 cm³/mol. The lowest BCUT2D eigenvalue weighted by Gasteiger charge is -2.25. The molecule has 0 saturated heterocycles. The highest BCUT2D eigenvalue weighted by atomic mass is 35.5. The smallest absolute Gasteiger partial charge is 0.315 e. The van der Waals surface area contributed by atoms with Crippen LogP contribution in [-0.2, 0) is 12.8 Å². The fourth-order valence-electron chi connectivity index (χ4n) is 2.22. The highest BCUT2D eigenvalue weighted by Crippen LogP contribution is 2.20. The van der Waals surface area contributed by atoms with E-state index in [9.17, 15) is 4.79 Å². The molecule has 1 aromatic rings. The molecule has 92 valence electrons. The Morgan fingerprint density at radius 1 is 1.35 bits per heavy atom. The number of aryl methyl sites for hydroxylation is 1. The molecule has 1 aromatic carbocycles. The van der Waals surface area contributed by atoms with Gasteiger partial charge < -0.3 is 10.6 Å². The third-order valence-electron chi connectivity index (χ3n) is 3.06. The summed E-state index contributed by atoms with van der Waals surface area (Å²) >= 11 is 5.51. The Hall–Kier alpha value is -1.22. The number of hydrogen-bond donors (Lipinski definition) is 2. The number of halogens is 1. The zero-order valence-corrected chi connectivity index (χ0v) is 10.5.